The quantitative estimate of drug-likeness (QED) is 0.362. The molecule has 2 fully saturated rings. The Morgan fingerprint density at radius 3 is 2.65 bits per heavy atom. The molecule has 2 aliphatic rings. The first-order valence-electron chi connectivity index (χ1n) is 11.1. The highest BCUT2D eigenvalue weighted by atomic mass is 32.2. The van der Waals surface area contributed by atoms with Gasteiger partial charge in [-0.3, -0.25) is 23.7 Å². The fourth-order valence-corrected chi connectivity index (χ4v) is 5.60. The predicted octanol–water partition coefficient (Wildman–Crippen LogP) is 2.46. The lowest BCUT2D eigenvalue weighted by molar-refractivity contribution is -0.217. The van der Waals surface area contributed by atoms with Crippen molar-refractivity contribution in [3.63, 3.8) is 0 Å². The van der Waals surface area contributed by atoms with Gasteiger partial charge in [0.25, 0.3) is 5.56 Å². The molecule has 2 saturated heterocycles. The van der Waals surface area contributed by atoms with Gasteiger partial charge in [-0.15, -0.1) is 0 Å². The number of H-pyrrole nitrogens is 1. The lowest BCUT2D eigenvalue weighted by Gasteiger charge is -2.30. The maximum Gasteiger partial charge on any atom is 0.330 e. The van der Waals surface area contributed by atoms with Gasteiger partial charge in [-0.1, -0.05) is 32.5 Å². The Bertz CT molecular complexity index is 1040. The smallest absolute Gasteiger partial charge is 0.330 e. The van der Waals surface area contributed by atoms with Crippen LogP contribution in [0.4, 0.5) is 0 Å². The number of hydrogen-bond donors (Lipinski definition) is 1. The summed E-state index contributed by atoms with van der Waals surface area (Å²) in [6, 6.07) is 1.21. The third-order valence-corrected chi connectivity index (χ3v) is 8.04. The van der Waals surface area contributed by atoms with Crippen LogP contribution in [-0.2, 0) is 32.6 Å². The highest BCUT2D eigenvalue weighted by Crippen LogP contribution is 2.50. The van der Waals surface area contributed by atoms with Gasteiger partial charge in [0.1, 0.15) is 17.8 Å². The van der Waals surface area contributed by atoms with Crippen LogP contribution < -0.4 is 11.2 Å². The maximum atomic E-state index is 12.4. The molecule has 1 N–H and O–H groups in total. The van der Waals surface area contributed by atoms with Gasteiger partial charge >= 0.3 is 13.9 Å². The van der Waals surface area contributed by atoms with Crippen LogP contribution >= 0.6 is 20.0 Å². The van der Waals surface area contributed by atoms with E-state index in [1.54, 1.807) is 20.8 Å². The van der Waals surface area contributed by atoms with E-state index in [0.29, 0.717) is 5.75 Å². The minimum atomic E-state index is -2.85. The second-order valence-corrected chi connectivity index (χ2v) is 11.7. The third kappa shape index (κ3) is 5.92. The summed E-state index contributed by atoms with van der Waals surface area (Å²) in [7, 11) is -2.85. The Hall–Kier alpha value is -1.27. The molecule has 0 amide bonds. The normalized spacial score (nSPS) is 29.2. The summed E-state index contributed by atoms with van der Waals surface area (Å²) in [5.74, 6) is -0.589. The number of ether oxygens (including phenoxy) is 3. The van der Waals surface area contributed by atoms with Crippen LogP contribution in [0.1, 0.15) is 54.2 Å². The van der Waals surface area contributed by atoms with Gasteiger partial charge in [-0.05, 0) is 27.2 Å². The van der Waals surface area contributed by atoms with Crippen molar-refractivity contribution < 1.29 is 32.6 Å². The van der Waals surface area contributed by atoms with Crippen molar-refractivity contribution in [3.05, 3.63) is 33.1 Å². The minimum Gasteiger partial charge on any atom is -0.346 e. The molecule has 192 valence electrons. The molecule has 0 bridgehead atoms. The molecule has 13 heteroatoms. The van der Waals surface area contributed by atoms with Crippen LogP contribution in [0.25, 0.3) is 0 Å². The fraction of sp³-hybridized carbons (Fsp3) is 0.762. The van der Waals surface area contributed by atoms with Crippen molar-refractivity contribution in [1.29, 1.82) is 0 Å². The number of rotatable bonds is 10. The van der Waals surface area contributed by atoms with E-state index in [1.807, 2.05) is 20.8 Å². The zero-order valence-electron chi connectivity index (χ0n) is 20.2. The van der Waals surface area contributed by atoms with Gasteiger partial charge in [-0.2, -0.15) is 0 Å². The molecule has 1 aromatic heterocycles. The first-order valence-corrected chi connectivity index (χ1v) is 13.3. The molecule has 0 aromatic carbocycles. The summed E-state index contributed by atoms with van der Waals surface area (Å²) in [4.78, 5) is 38.2. The molecular formula is C21H33N2O9PS. The third-order valence-electron chi connectivity index (χ3n) is 6.02. The molecule has 34 heavy (non-hydrogen) atoms. The molecule has 2 unspecified atom stereocenters. The number of nitrogens with zero attached hydrogens (tertiary/aromatic N) is 1. The average Bonchev–Trinajstić information content (AvgIpc) is 3.15. The second-order valence-electron chi connectivity index (χ2n) is 9.55. The lowest BCUT2D eigenvalue weighted by atomic mass is 9.92. The largest absolute Gasteiger partial charge is 0.346 e. The van der Waals surface area contributed by atoms with Crippen molar-refractivity contribution >= 4 is 25.1 Å². The molecule has 3 rings (SSSR count). The van der Waals surface area contributed by atoms with Gasteiger partial charge in [0.15, 0.2) is 17.1 Å². The van der Waals surface area contributed by atoms with Crippen molar-refractivity contribution in [3.8, 4) is 0 Å². The van der Waals surface area contributed by atoms with E-state index in [-0.39, 0.29) is 18.3 Å². The predicted molar refractivity (Wildman–Crippen MR) is 126 cm³/mol. The topological polar surface area (TPSA) is 135 Å². The summed E-state index contributed by atoms with van der Waals surface area (Å²) in [6.07, 6.45) is -0.197. The van der Waals surface area contributed by atoms with Crippen molar-refractivity contribution in [2.45, 2.75) is 77.8 Å². The molecule has 0 spiro atoms. The van der Waals surface area contributed by atoms with E-state index >= 15 is 0 Å². The summed E-state index contributed by atoms with van der Waals surface area (Å²) in [5.41, 5.74) is -2.67. The van der Waals surface area contributed by atoms with Crippen LogP contribution in [0.2, 0.25) is 0 Å². The van der Waals surface area contributed by atoms with Crippen LogP contribution in [-0.4, -0.2) is 57.2 Å². The van der Waals surface area contributed by atoms with Gasteiger partial charge in [-0.25, -0.2) is 4.79 Å². The summed E-state index contributed by atoms with van der Waals surface area (Å²) >= 11 is 1.14. The molecule has 0 aliphatic carbocycles. The number of carbonyl (C=O) groups is 1. The molecule has 5 atom stereocenters. The Labute approximate surface area is 202 Å². The van der Waals surface area contributed by atoms with Crippen LogP contribution in [0.15, 0.2) is 21.9 Å². The van der Waals surface area contributed by atoms with Crippen LogP contribution in [0.5, 0.6) is 0 Å². The lowest BCUT2D eigenvalue weighted by Crippen LogP contribution is -2.45. The number of hydrogen-bond acceptors (Lipinski definition) is 10. The zero-order chi connectivity index (χ0) is 25.3. The molecule has 1 aromatic rings. The fourth-order valence-electron chi connectivity index (χ4n) is 3.91. The summed E-state index contributed by atoms with van der Waals surface area (Å²) in [5, 5.41) is 0.0577. The zero-order valence-corrected chi connectivity index (χ0v) is 22.1. The summed E-state index contributed by atoms with van der Waals surface area (Å²) < 4.78 is 42.3. The standard InChI is InChI=1S/C21H33N2O9PS/c1-7-19(2,3)17(25)34-11-10-28-33(27)29-12-13-15-21(6,32-20(4,5)31-15)16(30-13)23-9-8-14(24)22-18(23)26/h8-9,13,15-16,33H,7,10-12H2,1-6H3,(H,22,24,26)/t13-,15-,16?,21-/m1/s1. The molecule has 0 radical (unpaired) electrons. The van der Waals surface area contributed by atoms with E-state index in [0.717, 1.165) is 18.2 Å². The van der Waals surface area contributed by atoms with E-state index in [4.69, 9.17) is 23.3 Å². The number of carbonyl (C=O) groups excluding carboxylic acids is 1. The van der Waals surface area contributed by atoms with E-state index < -0.39 is 54.7 Å². The number of aromatic amines is 1. The van der Waals surface area contributed by atoms with Gasteiger partial charge in [0.2, 0.25) is 0 Å². The van der Waals surface area contributed by atoms with Crippen LogP contribution in [0.3, 0.4) is 0 Å². The number of fused-ring (bicyclic) bond motifs is 1. The van der Waals surface area contributed by atoms with Gasteiger partial charge in [0.05, 0.1) is 13.2 Å². The molecule has 0 saturated carbocycles. The van der Waals surface area contributed by atoms with Gasteiger partial charge < -0.3 is 23.3 Å². The molecule has 2 aliphatic heterocycles. The van der Waals surface area contributed by atoms with E-state index in [1.165, 1.54) is 16.8 Å². The Morgan fingerprint density at radius 2 is 2.00 bits per heavy atom. The maximum absolute atomic E-state index is 12.4. The van der Waals surface area contributed by atoms with Crippen molar-refractivity contribution in [1.82, 2.24) is 9.55 Å². The number of aromatic nitrogens is 2. The monoisotopic (exact) mass is 520 g/mol. The van der Waals surface area contributed by atoms with E-state index in [2.05, 4.69) is 4.98 Å². The highest BCUT2D eigenvalue weighted by molar-refractivity contribution is 8.13. The van der Waals surface area contributed by atoms with Crippen LogP contribution in [0, 0.1) is 5.41 Å². The molecule has 11 nitrogen and oxygen atoms in total. The van der Waals surface area contributed by atoms with Crippen molar-refractivity contribution in [2.75, 3.05) is 19.0 Å². The average molecular weight is 521 g/mol. The Balaban J connectivity index is 1.59. The molecular weight excluding hydrogens is 487 g/mol. The SMILES string of the molecule is CCC(C)(C)C(=O)SCCO[PH](=O)OC[C@H]1OC(n2ccc(=O)[nH]c2=O)[C@]2(C)OC(C)(C)O[C@H]12. The molecule has 3 heterocycles. The number of nitrogens with one attached hydrogen (secondary N) is 1. The second kappa shape index (κ2) is 10.4. The Kier molecular flexibility index (Phi) is 8.34. The first-order chi connectivity index (χ1) is 15.8. The van der Waals surface area contributed by atoms with Crippen molar-refractivity contribution in [2.24, 2.45) is 5.41 Å². The van der Waals surface area contributed by atoms with E-state index in [9.17, 15) is 18.9 Å². The highest BCUT2D eigenvalue weighted by Gasteiger charge is 2.64. The number of thioether (sulfide) groups is 1. The Morgan fingerprint density at radius 1 is 1.29 bits per heavy atom. The van der Waals surface area contributed by atoms with Gasteiger partial charge in [0, 0.05) is 23.4 Å². The minimum absolute atomic E-state index is 0.0577. The first kappa shape index (κ1) is 27.3. The summed E-state index contributed by atoms with van der Waals surface area (Å²) in [6.45, 7) is 10.9.